The number of ether oxygens (including phenoxy) is 1. The number of aromatic nitrogens is 2. The van der Waals surface area contributed by atoms with Crippen LogP contribution < -0.4 is 10.1 Å². The van der Waals surface area contributed by atoms with Gasteiger partial charge in [0.25, 0.3) is 5.91 Å². The molecule has 2 N–H and O–H groups in total. The average Bonchev–Trinajstić information content (AvgIpc) is 3.10. The number of halogens is 1. The molecule has 3 rings (SSSR count). The van der Waals surface area contributed by atoms with Crippen molar-refractivity contribution < 1.29 is 9.53 Å². The number of carbonyl (C=O) groups excluding carboxylic acids is 1. The SMILES string of the molecule is COc1cccc(-c2cc(C(=O)NCc3cccc(Br)c3)[nH]n2)c1. The van der Waals surface area contributed by atoms with E-state index in [2.05, 4.69) is 31.4 Å². The van der Waals surface area contributed by atoms with Crippen LogP contribution in [0.4, 0.5) is 0 Å². The van der Waals surface area contributed by atoms with E-state index >= 15 is 0 Å². The van der Waals surface area contributed by atoms with Crippen molar-refractivity contribution in [2.24, 2.45) is 0 Å². The second-order valence-electron chi connectivity index (χ2n) is 5.21. The number of H-pyrrole nitrogens is 1. The van der Waals surface area contributed by atoms with E-state index in [1.165, 1.54) is 0 Å². The summed E-state index contributed by atoms with van der Waals surface area (Å²) in [7, 11) is 1.62. The number of amides is 1. The molecule has 0 aliphatic heterocycles. The van der Waals surface area contributed by atoms with Crippen LogP contribution in [0.5, 0.6) is 5.75 Å². The summed E-state index contributed by atoms with van der Waals surface area (Å²) in [6.45, 7) is 0.450. The monoisotopic (exact) mass is 385 g/mol. The fraction of sp³-hybridized carbons (Fsp3) is 0.111. The summed E-state index contributed by atoms with van der Waals surface area (Å²) in [5.41, 5.74) is 3.02. The lowest BCUT2D eigenvalue weighted by Gasteiger charge is -2.04. The van der Waals surface area contributed by atoms with Crippen molar-refractivity contribution in [3.05, 3.63) is 70.3 Å². The minimum absolute atomic E-state index is 0.198. The quantitative estimate of drug-likeness (QED) is 0.702. The van der Waals surface area contributed by atoms with Gasteiger partial charge in [-0.3, -0.25) is 9.89 Å². The van der Waals surface area contributed by atoms with Crippen LogP contribution in [0.15, 0.2) is 59.1 Å². The lowest BCUT2D eigenvalue weighted by molar-refractivity contribution is 0.0946. The first-order valence-corrected chi connectivity index (χ1v) is 8.17. The second-order valence-corrected chi connectivity index (χ2v) is 6.13. The van der Waals surface area contributed by atoms with Crippen molar-refractivity contribution in [3.63, 3.8) is 0 Å². The van der Waals surface area contributed by atoms with Crippen molar-refractivity contribution in [2.45, 2.75) is 6.54 Å². The van der Waals surface area contributed by atoms with Gasteiger partial charge in [-0.05, 0) is 35.9 Å². The van der Waals surface area contributed by atoms with Gasteiger partial charge in [-0.15, -0.1) is 0 Å². The minimum Gasteiger partial charge on any atom is -0.497 e. The Bertz CT molecular complexity index is 861. The Morgan fingerprint density at radius 2 is 2.04 bits per heavy atom. The average molecular weight is 386 g/mol. The molecule has 0 aliphatic carbocycles. The first-order chi connectivity index (χ1) is 11.7. The number of methoxy groups -OCH3 is 1. The van der Waals surface area contributed by atoms with Gasteiger partial charge < -0.3 is 10.1 Å². The summed E-state index contributed by atoms with van der Waals surface area (Å²) in [5.74, 6) is 0.549. The standard InChI is InChI=1S/C18H16BrN3O2/c1-24-15-7-3-5-13(9-15)16-10-17(22-21-16)18(23)20-11-12-4-2-6-14(19)8-12/h2-10H,11H2,1H3,(H,20,23)(H,21,22). The molecule has 0 saturated carbocycles. The molecule has 0 atom stereocenters. The van der Waals surface area contributed by atoms with Crippen LogP contribution in [0.1, 0.15) is 16.1 Å². The van der Waals surface area contributed by atoms with Crippen LogP contribution in [0.3, 0.4) is 0 Å². The maximum Gasteiger partial charge on any atom is 0.269 e. The molecule has 1 heterocycles. The third-order valence-corrected chi connectivity index (χ3v) is 4.02. The van der Waals surface area contributed by atoms with Crippen molar-refractivity contribution in [2.75, 3.05) is 7.11 Å². The van der Waals surface area contributed by atoms with Crippen molar-refractivity contribution in [1.29, 1.82) is 0 Å². The highest BCUT2D eigenvalue weighted by Gasteiger charge is 2.11. The zero-order valence-electron chi connectivity index (χ0n) is 13.0. The molecule has 0 aliphatic rings. The van der Waals surface area contributed by atoms with Gasteiger partial charge >= 0.3 is 0 Å². The number of hydrogen-bond donors (Lipinski definition) is 2. The summed E-state index contributed by atoms with van der Waals surface area (Å²) in [5, 5.41) is 9.85. The molecule has 0 saturated heterocycles. The Morgan fingerprint density at radius 1 is 1.21 bits per heavy atom. The first kappa shape index (κ1) is 16.3. The molecule has 1 amide bonds. The predicted octanol–water partition coefficient (Wildman–Crippen LogP) is 3.78. The fourth-order valence-electron chi connectivity index (χ4n) is 2.29. The van der Waals surface area contributed by atoms with Gasteiger partial charge in [0.05, 0.1) is 12.8 Å². The third-order valence-electron chi connectivity index (χ3n) is 3.53. The Kier molecular flexibility index (Phi) is 4.96. The number of rotatable bonds is 5. The summed E-state index contributed by atoms with van der Waals surface area (Å²) in [4.78, 5) is 12.3. The molecule has 5 nitrogen and oxygen atoms in total. The summed E-state index contributed by atoms with van der Waals surface area (Å²) in [6.07, 6.45) is 0. The highest BCUT2D eigenvalue weighted by atomic mass is 79.9. The molecular weight excluding hydrogens is 370 g/mol. The number of aromatic amines is 1. The maximum absolute atomic E-state index is 12.3. The molecule has 0 unspecified atom stereocenters. The van der Waals surface area contributed by atoms with E-state index in [1.54, 1.807) is 13.2 Å². The van der Waals surface area contributed by atoms with Crippen LogP contribution in [0.2, 0.25) is 0 Å². The van der Waals surface area contributed by atoms with E-state index in [9.17, 15) is 4.79 Å². The topological polar surface area (TPSA) is 67.0 Å². The Labute approximate surface area is 148 Å². The minimum atomic E-state index is -0.198. The van der Waals surface area contributed by atoms with Crippen LogP contribution in [-0.4, -0.2) is 23.2 Å². The molecule has 3 aromatic rings. The van der Waals surface area contributed by atoms with E-state index in [4.69, 9.17) is 4.74 Å². The maximum atomic E-state index is 12.3. The van der Waals surface area contributed by atoms with Crippen LogP contribution in [-0.2, 0) is 6.54 Å². The number of nitrogens with zero attached hydrogens (tertiary/aromatic N) is 1. The largest absolute Gasteiger partial charge is 0.497 e. The van der Waals surface area contributed by atoms with Crippen LogP contribution in [0, 0.1) is 0 Å². The van der Waals surface area contributed by atoms with E-state index in [0.29, 0.717) is 17.9 Å². The number of nitrogens with one attached hydrogen (secondary N) is 2. The highest BCUT2D eigenvalue weighted by Crippen LogP contribution is 2.22. The molecule has 122 valence electrons. The van der Waals surface area contributed by atoms with Crippen molar-refractivity contribution in [1.82, 2.24) is 15.5 Å². The molecule has 0 spiro atoms. The summed E-state index contributed by atoms with van der Waals surface area (Å²) >= 11 is 3.42. The lowest BCUT2D eigenvalue weighted by atomic mass is 10.1. The van der Waals surface area contributed by atoms with E-state index in [-0.39, 0.29) is 5.91 Å². The van der Waals surface area contributed by atoms with E-state index in [1.807, 2.05) is 48.5 Å². The smallest absolute Gasteiger partial charge is 0.269 e. The van der Waals surface area contributed by atoms with Crippen LogP contribution in [0.25, 0.3) is 11.3 Å². The van der Waals surface area contributed by atoms with Crippen molar-refractivity contribution in [3.8, 4) is 17.0 Å². The molecular formula is C18H16BrN3O2. The van der Waals surface area contributed by atoms with E-state index < -0.39 is 0 Å². The second kappa shape index (κ2) is 7.31. The van der Waals surface area contributed by atoms with Gasteiger partial charge in [-0.25, -0.2) is 0 Å². The molecule has 2 aromatic carbocycles. The zero-order valence-corrected chi connectivity index (χ0v) is 14.6. The van der Waals surface area contributed by atoms with Crippen LogP contribution >= 0.6 is 15.9 Å². The molecule has 6 heteroatoms. The Morgan fingerprint density at radius 3 is 2.83 bits per heavy atom. The number of carbonyl (C=O) groups is 1. The summed E-state index contributed by atoms with van der Waals surface area (Å²) < 4.78 is 6.19. The molecule has 24 heavy (non-hydrogen) atoms. The molecule has 1 aromatic heterocycles. The number of benzene rings is 2. The molecule has 0 radical (unpaired) electrons. The van der Waals surface area contributed by atoms with Gasteiger partial charge in [0.15, 0.2) is 0 Å². The normalized spacial score (nSPS) is 10.4. The van der Waals surface area contributed by atoms with E-state index in [0.717, 1.165) is 21.3 Å². The van der Waals surface area contributed by atoms with Crippen molar-refractivity contribution >= 4 is 21.8 Å². The predicted molar refractivity (Wildman–Crippen MR) is 95.9 cm³/mol. The van der Waals surface area contributed by atoms with Gasteiger partial charge in [-0.1, -0.05) is 40.2 Å². The zero-order chi connectivity index (χ0) is 16.9. The third kappa shape index (κ3) is 3.83. The number of hydrogen-bond acceptors (Lipinski definition) is 3. The first-order valence-electron chi connectivity index (χ1n) is 7.38. The Hall–Kier alpha value is -2.60. The van der Waals surface area contributed by atoms with Gasteiger partial charge in [-0.2, -0.15) is 5.10 Å². The van der Waals surface area contributed by atoms with Gasteiger partial charge in [0.2, 0.25) is 0 Å². The van der Waals surface area contributed by atoms with Gasteiger partial charge in [0.1, 0.15) is 11.4 Å². The fourth-order valence-corrected chi connectivity index (χ4v) is 2.74. The lowest BCUT2D eigenvalue weighted by Crippen LogP contribution is -2.23. The van der Waals surface area contributed by atoms with Gasteiger partial charge in [0, 0.05) is 16.6 Å². The highest BCUT2D eigenvalue weighted by molar-refractivity contribution is 9.10. The molecule has 0 fully saturated rings. The summed E-state index contributed by atoms with van der Waals surface area (Å²) in [6, 6.07) is 17.1. The Balaban J connectivity index is 1.69. The molecule has 0 bridgehead atoms.